The fourth-order valence-corrected chi connectivity index (χ4v) is 3.31. The van der Waals surface area contributed by atoms with Crippen LogP contribution in [0.1, 0.15) is 48.5 Å². The molecule has 0 bridgehead atoms. The summed E-state index contributed by atoms with van der Waals surface area (Å²) < 4.78 is 10.9. The van der Waals surface area contributed by atoms with Gasteiger partial charge >= 0.3 is 11.9 Å². The van der Waals surface area contributed by atoms with Crippen LogP contribution in [-0.4, -0.2) is 29.1 Å². The molecule has 1 heterocycles. The second-order valence-electron chi connectivity index (χ2n) is 7.85. The molecule has 0 atom stereocenters. The third-order valence-electron chi connectivity index (χ3n) is 4.32. The minimum Gasteiger partial charge on any atom is -0.461 e. The lowest BCUT2D eigenvalue weighted by atomic mass is 9.94. The van der Waals surface area contributed by atoms with E-state index in [1.54, 1.807) is 58.0 Å². The highest BCUT2D eigenvalue weighted by Gasteiger charge is 2.28. The number of aromatic nitrogens is 1. The fraction of sp³-hybridized carbons (Fsp3) is 0.240. The molecule has 0 unspecified atom stereocenters. The van der Waals surface area contributed by atoms with Crippen molar-refractivity contribution in [3.8, 4) is 22.4 Å². The smallest absolute Gasteiger partial charge is 0.356 e. The molecule has 0 saturated heterocycles. The van der Waals surface area contributed by atoms with E-state index in [1.165, 1.54) is 0 Å². The first kappa shape index (κ1) is 22.5. The van der Waals surface area contributed by atoms with Crippen LogP contribution in [0.3, 0.4) is 0 Å². The Balaban J connectivity index is 2.37. The molecule has 0 aliphatic carbocycles. The summed E-state index contributed by atoms with van der Waals surface area (Å²) in [7, 11) is 0. The standard InChI is InChI=1S/C25H24ClNO4/c1-5-30-23(28)20-15-18(16-11-7-6-8-12-16)21(24(29)31-25(2,3)4)22(27-20)17-13-9-10-14-19(17)26/h6-15H,5H2,1-4H3. The molecule has 0 aliphatic heterocycles. The van der Waals surface area contributed by atoms with E-state index in [0.29, 0.717) is 16.1 Å². The zero-order valence-corrected chi connectivity index (χ0v) is 18.7. The van der Waals surface area contributed by atoms with E-state index in [1.807, 2.05) is 30.3 Å². The van der Waals surface area contributed by atoms with Crippen molar-refractivity contribution in [3.05, 3.63) is 76.9 Å². The van der Waals surface area contributed by atoms with Gasteiger partial charge in [0.05, 0.1) is 17.9 Å². The lowest BCUT2D eigenvalue weighted by molar-refractivity contribution is 0.00703. The number of pyridine rings is 1. The maximum absolute atomic E-state index is 13.3. The van der Waals surface area contributed by atoms with Gasteiger partial charge in [0, 0.05) is 16.1 Å². The maximum Gasteiger partial charge on any atom is 0.356 e. The fourth-order valence-electron chi connectivity index (χ4n) is 3.08. The van der Waals surface area contributed by atoms with Gasteiger partial charge < -0.3 is 9.47 Å². The van der Waals surface area contributed by atoms with Gasteiger partial charge in [-0.3, -0.25) is 0 Å². The normalized spacial score (nSPS) is 11.1. The number of halogens is 1. The highest BCUT2D eigenvalue weighted by atomic mass is 35.5. The molecule has 31 heavy (non-hydrogen) atoms. The van der Waals surface area contributed by atoms with Gasteiger partial charge in [-0.1, -0.05) is 60.1 Å². The Hall–Kier alpha value is -3.18. The number of hydrogen-bond acceptors (Lipinski definition) is 5. The van der Waals surface area contributed by atoms with Gasteiger partial charge in [-0.05, 0) is 45.4 Å². The van der Waals surface area contributed by atoms with E-state index in [0.717, 1.165) is 5.56 Å². The molecule has 0 fully saturated rings. The van der Waals surface area contributed by atoms with Crippen molar-refractivity contribution in [2.24, 2.45) is 0 Å². The Kier molecular flexibility index (Phi) is 6.76. The lowest BCUT2D eigenvalue weighted by Gasteiger charge is -2.22. The summed E-state index contributed by atoms with van der Waals surface area (Å²) in [6, 6.07) is 17.9. The van der Waals surface area contributed by atoms with Crippen LogP contribution in [0, 0.1) is 0 Å². The van der Waals surface area contributed by atoms with Crippen molar-refractivity contribution in [1.82, 2.24) is 4.98 Å². The van der Waals surface area contributed by atoms with E-state index in [9.17, 15) is 9.59 Å². The average molecular weight is 438 g/mol. The Labute approximate surface area is 187 Å². The molecule has 0 amide bonds. The molecule has 0 spiro atoms. The molecular weight excluding hydrogens is 414 g/mol. The molecule has 0 radical (unpaired) electrons. The van der Waals surface area contributed by atoms with Crippen LogP contribution in [0.5, 0.6) is 0 Å². The van der Waals surface area contributed by atoms with Crippen LogP contribution >= 0.6 is 11.6 Å². The molecule has 160 valence electrons. The zero-order valence-electron chi connectivity index (χ0n) is 17.9. The number of esters is 2. The second kappa shape index (κ2) is 9.31. The van der Waals surface area contributed by atoms with Crippen LogP contribution in [0.15, 0.2) is 60.7 Å². The lowest BCUT2D eigenvalue weighted by Crippen LogP contribution is -2.25. The van der Waals surface area contributed by atoms with Gasteiger partial charge in [-0.15, -0.1) is 0 Å². The average Bonchev–Trinajstić information content (AvgIpc) is 2.72. The van der Waals surface area contributed by atoms with Crippen molar-refractivity contribution in [2.75, 3.05) is 6.61 Å². The Bertz CT molecular complexity index is 1100. The molecule has 0 N–H and O–H groups in total. The quantitative estimate of drug-likeness (QED) is 0.444. The molecule has 2 aromatic carbocycles. The Morgan fingerprint density at radius 3 is 2.19 bits per heavy atom. The van der Waals surface area contributed by atoms with E-state index >= 15 is 0 Å². The van der Waals surface area contributed by atoms with Gasteiger partial charge in [-0.2, -0.15) is 0 Å². The van der Waals surface area contributed by atoms with E-state index < -0.39 is 17.5 Å². The van der Waals surface area contributed by atoms with Crippen LogP contribution < -0.4 is 0 Å². The van der Waals surface area contributed by atoms with Crippen LogP contribution in [0.4, 0.5) is 0 Å². The summed E-state index contributed by atoms with van der Waals surface area (Å²) in [6.45, 7) is 7.31. The van der Waals surface area contributed by atoms with Crippen molar-refractivity contribution in [3.63, 3.8) is 0 Å². The summed E-state index contributed by atoms with van der Waals surface area (Å²) in [5, 5.41) is 0.403. The zero-order chi connectivity index (χ0) is 22.6. The number of nitrogens with zero attached hydrogens (tertiary/aromatic N) is 1. The first-order chi connectivity index (χ1) is 14.7. The molecule has 5 nitrogen and oxygen atoms in total. The van der Waals surface area contributed by atoms with E-state index in [4.69, 9.17) is 21.1 Å². The number of carbonyl (C=O) groups excluding carboxylic acids is 2. The first-order valence-corrected chi connectivity index (χ1v) is 10.3. The third kappa shape index (κ3) is 5.30. The first-order valence-electron chi connectivity index (χ1n) is 9.97. The summed E-state index contributed by atoms with van der Waals surface area (Å²) >= 11 is 6.45. The predicted octanol–water partition coefficient (Wildman–Crippen LogP) is 6.20. The molecule has 6 heteroatoms. The number of ether oxygens (including phenoxy) is 2. The van der Waals surface area contributed by atoms with Crippen molar-refractivity contribution >= 4 is 23.5 Å². The van der Waals surface area contributed by atoms with Crippen LogP contribution in [-0.2, 0) is 9.47 Å². The van der Waals surface area contributed by atoms with Gasteiger partial charge in [0.25, 0.3) is 0 Å². The van der Waals surface area contributed by atoms with Gasteiger partial charge in [0.2, 0.25) is 0 Å². The monoisotopic (exact) mass is 437 g/mol. The summed E-state index contributed by atoms with van der Waals surface area (Å²) in [6.07, 6.45) is 0. The topological polar surface area (TPSA) is 65.5 Å². The van der Waals surface area contributed by atoms with Crippen LogP contribution in [0.25, 0.3) is 22.4 Å². The summed E-state index contributed by atoms with van der Waals surface area (Å²) in [4.78, 5) is 30.4. The minimum atomic E-state index is -0.720. The highest BCUT2D eigenvalue weighted by Crippen LogP contribution is 2.36. The number of rotatable bonds is 5. The molecule has 3 aromatic rings. The van der Waals surface area contributed by atoms with Gasteiger partial charge in [0.15, 0.2) is 0 Å². The van der Waals surface area contributed by atoms with E-state index in [-0.39, 0.29) is 23.6 Å². The molecule has 0 aliphatic rings. The molecular formula is C25H24ClNO4. The number of carbonyl (C=O) groups is 2. The summed E-state index contributed by atoms with van der Waals surface area (Å²) in [5.74, 6) is -1.13. The van der Waals surface area contributed by atoms with Gasteiger partial charge in [0.1, 0.15) is 11.3 Å². The molecule has 3 rings (SSSR count). The van der Waals surface area contributed by atoms with Crippen molar-refractivity contribution in [1.29, 1.82) is 0 Å². The minimum absolute atomic E-state index is 0.0860. The maximum atomic E-state index is 13.3. The molecule has 1 aromatic heterocycles. The van der Waals surface area contributed by atoms with Crippen LogP contribution in [0.2, 0.25) is 5.02 Å². The van der Waals surface area contributed by atoms with Gasteiger partial charge in [-0.25, -0.2) is 14.6 Å². The number of benzene rings is 2. The van der Waals surface area contributed by atoms with E-state index in [2.05, 4.69) is 4.98 Å². The predicted molar refractivity (Wildman–Crippen MR) is 121 cm³/mol. The molecule has 0 saturated carbocycles. The number of hydrogen-bond donors (Lipinski definition) is 0. The Morgan fingerprint density at radius 1 is 0.935 bits per heavy atom. The SMILES string of the molecule is CCOC(=O)c1cc(-c2ccccc2)c(C(=O)OC(C)(C)C)c(-c2ccccc2Cl)n1. The Morgan fingerprint density at radius 2 is 1.58 bits per heavy atom. The van der Waals surface area contributed by atoms with Crippen molar-refractivity contribution in [2.45, 2.75) is 33.3 Å². The third-order valence-corrected chi connectivity index (χ3v) is 4.65. The summed E-state index contributed by atoms with van der Waals surface area (Å²) in [5.41, 5.74) is 1.65. The highest BCUT2D eigenvalue weighted by molar-refractivity contribution is 6.33. The largest absolute Gasteiger partial charge is 0.461 e. The second-order valence-corrected chi connectivity index (χ2v) is 8.25. The van der Waals surface area contributed by atoms with Crippen molar-refractivity contribution < 1.29 is 19.1 Å².